The lowest BCUT2D eigenvalue weighted by molar-refractivity contribution is -0.216. The van der Waals surface area contributed by atoms with Crippen LogP contribution in [0.25, 0.3) is 0 Å². The van der Waals surface area contributed by atoms with Gasteiger partial charge in [0.05, 0.1) is 12.7 Å². The molecule has 0 N–H and O–H groups in total. The summed E-state index contributed by atoms with van der Waals surface area (Å²) >= 11 is 0. The van der Waals surface area contributed by atoms with Gasteiger partial charge in [0.15, 0.2) is 14.1 Å². The first-order chi connectivity index (χ1) is 21.4. The Morgan fingerprint density at radius 1 is 0.761 bits per heavy atom. The van der Waals surface area contributed by atoms with Crippen molar-refractivity contribution in [3.05, 3.63) is 60.7 Å². The number of methoxy groups -OCH3 is 2. The van der Waals surface area contributed by atoms with Crippen LogP contribution in [-0.2, 0) is 37.3 Å². The van der Waals surface area contributed by atoms with Crippen LogP contribution in [0.5, 0.6) is 0 Å². The first-order valence-electron chi connectivity index (χ1n) is 16.4. The lowest BCUT2D eigenvalue weighted by Crippen LogP contribution is -2.69. The fraction of sp³-hybridized carbons (Fsp3) is 0.667. The van der Waals surface area contributed by atoms with E-state index in [1.807, 2.05) is 13.8 Å². The molecule has 3 rings (SSSR count). The minimum absolute atomic E-state index is 0.0565. The summed E-state index contributed by atoms with van der Waals surface area (Å²) in [5, 5.41) is 2.06. The summed E-state index contributed by atoms with van der Waals surface area (Å²) in [6.45, 7) is 24.4. The highest BCUT2D eigenvalue weighted by Gasteiger charge is 2.55. The van der Waals surface area contributed by atoms with Crippen LogP contribution >= 0.6 is 0 Å². The van der Waals surface area contributed by atoms with Crippen LogP contribution in [0.15, 0.2) is 60.7 Å². The zero-order valence-corrected chi connectivity index (χ0v) is 32.5. The van der Waals surface area contributed by atoms with E-state index in [0.29, 0.717) is 6.61 Å². The normalized spacial score (nSPS) is 20.3. The second-order valence-corrected chi connectivity index (χ2v) is 24.3. The molecule has 1 heterocycles. The van der Waals surface area contributed by atoms with Gasteiger partial charge in [0.1, 0.15) is 38.0 Å². The van der Waals surface area contributed by atoms with Crippen molar-refractivity contribution >= 4 is 27.0 Å². The SMILES string of the molecule is COCO[C@H]([C@@H](O[Si](C)(C)C(C)(C)C)[C@H](OCOC)[C@@H]1COC(C)(C)O1)[C@H](C)O[Si](c1ccccc1)(c1ccccc1)C(C)(C)C. The molecule has 0 radical (unpaired) electrons. The Bertz CT molecular complexity index is 1140. The second kappa shape index (κ2) is 15.8. The quantitative estimate of drug-likeness (QED) is 0.148. The third kappa shape index (κ3) is 9.16. The summed E-state index contributed by atoms with van der Waals surface area (Å²) < 4.78 is 51.5. The van der Waals surface area contributed by atoms with Gasteiger partial charge < -0.3 is 37.3 Å². The standard InChI is InChI=1S/C36H60O8Si2/c1-27(43-46(35(5,6)7,28-20-16-14-17-21-28)29-22-18-15-19-23-29)31(39-25-37-10)33(44-45(12,13)34(2,3)4)32(40-26-38-11)30-24-41-36(8,9)42-30/h14-23,27,30-33H,24-26H2,1-13H3/t27-,30-,31-,32+,33+/m0/s1. The van der Waals surface area contributed by atoms with Crippen LogP contribution in [-0.4, -0.2) is 87.4 Å². The molecule has 260 valence electrons. The Kier molecular flexibility index (Phi) is 13.4. The number of ether oxygens (including phenoxy) is 6. The molecule has 0 amide bonds. The Morgan fingerprint density at radius 3 is 1.67 bits per heavy atom. The zero-order valence-electron chi connectivity index (χ0n) is 30.5. The van der Waals surface area contributed by atoms with E-state index >= 15 is 0 Å². The third-order valence-corrected chi connectivity index (χ3v) is 18.9. The largest absolute Gasteiger partial charge is 0.408 e. The van der Waals surface area contributed by atoms with E-state index in [0.717, 1.165) is 0 Å². The van der Waals surface area contributed by atoms with Crippen molar-refractivity contribution in [1.29, 1.82) is 0 Å². The molecule has 0 unspecified atom stereocenters. The highest BCUT2D eigenvalue weighted by molar-refractivity contribution is 6.99. The predicted octanol–water partition coefficient (Wildman–Crippen LogP) is 6.47. The molecule has 8 nitrogen and oxygen atoms in total. The van der Waals surface area contributed by atoms with Crippen LogP contribution in [0.3, 0.4) is 0 Å². The maximum absolute atomic E-state index is 7.61. The van der Waals surface area contributed by atoms with E-state index in [-0.39, 0.29) is 23.7 Å². The van der Waals surface area contributed by atoms with E-state index in [1.54, 1.807) is 14.2 Å². The van der Waals surface area contributed by atoms with Gasteiger partial charge in [0.25, 0.3) is 8.32 Å². The molecule has 2 aromatic carbocycles. The average molecular weight is 677 g/mol. The van der Waals surface area contributed by atoms with Crippen molar-refractivity contribution < 1.29 is 37.3 Å². The fourth-order valence-electron chi connectivity index (χ4n) is 5.96. The summed E-state index contributed by atoms with van der Waals surface area (Å²) in [4.78, 5) is 0. The molecule has 0 aromatic heterocycles. The number of hydrogen-bond donors (Lipinski definition) is 0. The summed E-state index contributed by atoms with van der Waals surface area (Å²) in [7, 11) is -2.12. The topological polar surface area (TPSA) is 73.8 Å². The van der Waals surface area contributed by atoms with Crippen molar-refractivity contribution in [2.45, 2.75) is 122 Å². The van der Waals surface area contributed by atoms with Crippen molar-refractivity contribution in [3.63, 3.8) is 0 Å². The summed E-state index contributed by atoms with van der Waals surface area (Å²) in [5.41, 5.74) is 0. The van der Waals surface area contributed by atoms with Gasteiger partial charge in [-0.3, -0.25) is 0 Å². The molecule has 10 heteroatoms. The molecule has 1 aliphatic rings. The van der Waals surface area contributed by atoms with Gasteiger partial charge in [-0.2, -0.15) is 0 Å². The average Bonchev–Trinajstić information content (AvgIpc) is 3.34. The van der Waals surface area contributed by atoms with E-state index in [9.17, 15) is 0 Å². The van der Waals surface area contributed by atoms with Gasteiger partial charge >= 0.3 is 0 Å². The minimum Gasteiger partial charge on any atom is -0.408 e. The zero-order chi connectivity index (χ0) is 34.4. The minimum atomic E-state index is -2.96. The Labute approximate surface area is 280 Å². The molecule has 0 aliphatic carbocycles. The molecule has 0 spiro atoms. The molecule has 0 bridgehead atoms. The highest BCUT2D eigenvalue weighted by atomic mass is 28.4. The molecule has 2 aromatic rings. The van der Waals surface area contributed by atoms with Gasteiger partial charge in [-0.25, -0.2) is 0 Å². The van der Waals surface area contributed by atoms with Gasteiger partial charge in [0.2, 0.25) is 0 Å². The third-order valence-electron chi connectivity index (χ3n) is 9.28. The number of benzene rings is 2. The van der Waals surface area contributed by atoms with Gasteiger partial charge in [-0.1, -0.05) is 102 Å². The van der Waals surface area contributed by atoms with E-state index < -0.39 is 52.9 Å². The molecule has 0 saturated carbocycles. The maximum Gasteiger partial charge on any atom is 0.261 e. The first kappa shape index (κ1) is 39.0. The lowest BCUT2D eigenvalue weighted by atomic mass is 9.99. The lowest BCUT2D eigenvalue weighted by Gasteiger charge is -2.49. The fourth-order valence-corrected chi connectivity index (χ4v) is 12.0. The van der Waals surface area contributed by atoms with E-state index in [1.165, 1.54) is 10.4 Å². The van der Waals surface area contributed by atoms with Crippen LogP contribution in [0.1, 0.15) is 62.3 Å². The van der Waals surface area contributed by atoms with Crippen LogP contribution < -0.4 is 10.4 Å². The highest BCUT2D eigenvalue weighted by Crippen LogP contribution is 2.42. The molecule has 46 heavy (non-hydrogen) atoms. The van der Waals surface area contributed by atoms with Crippen molar-refractivity contribution in [2.24, 2.45) is 0 Å². The van der Waals surface area contributed by atoms with E-state index in [2.05, 4.69) is 122 Å². The first-order valence-corrected chi connectivity index (χ1v) is 21.2. The van der Waals surface area contributed by atoms with Gasteiger partial charge in [-0.15, -0.1) is 0 Å². The molecule has 1 saturated heterocycles. The number of rotatable bonds is 16. The summed E-state index contributed by atoms with van der Waals surface area (Å²) in [6.07, 6.45) is -2.64. The summed E-state index contributed by atoms with van der Waals surface area (Å²) in [5.74, 6) is -0.763. The molecular formula is C36H60O8Si2. The Balaban J connectivity index is 2.23. The molecule has 5 atom stereocenters. The van der Waals surface area contributed by atoms with Crippen LogP contribution in [0.2, 0.25) is 23.2 Å². The monoisotopic (exact) mass is 676 g/mol. The Morgan fingerprint density at radius 2 is 1.26 bits per heavy atom. The van der Waals surface area contributed by atoms with Crippen LogP contribution in [0.4, 0.5) is 0 Å². The van der Waals surface area contributed by atoms with Gasteiger partial charge in [-0.05, 0) is 54.3 Å². The van der Waals surface area contributed by atoms with Crippen molar-refractivity contribution in [2.75, 3.05) is 34.4 Å². The summed E-state index contributed by atoms with van der Waals surface area (Å²) in [6, 6.07) is 21.3. The molecule has 1 aliphatic heterocycles. The second-order valence-electron chi connectivity index (χ2n) is 15.3. The maximum atomic E-state index is 7.61. The van der Waals surface area contributed by atoms with Crippen LogP contribution in [0, 0.1) is 0 Å². The van der Waals surface area contributed by atoms with Gasteiger partial charge in [0, 0.05) is 14.2 Å². The number of hydrogen-bond acceptors (Lipinski definition) is 8. The molecular weight excluding hydrogens is 617 g/mol. The Hall–Kier alpha value is -1.45. The van der Waals surface area contributed by atoms with E-state index in [4.69, 9.17) is 37.3 Å². The molecule has 1 fully saturated rings. The van der Waals surface area contributed by atoms with Crippen molar-refractivity contribution in [3.8, 4) is 0 Å². The smallest absolute Gasteiger partial charge is 0.261 e. The van der Waals surface area contributed by atoms with Crippen molar-refractivity contribution in [1.82, 2.24) is 0 Å². The predicted molar refractivity (Wildman–Crippen MR) is 189 cm³/mol.